The second-order valence-electron chi connectivity index (χ2n) is 2.06. The van der Waals surface area contributed by atoms with Crippen LogP contribution in [0.25, 0.3) is 0 Å². The molecule has 0 bridgehead atoms. The number of amidine groups is 1. The molecule has 0 aliphatic carbocycles. The van der Waals surface area contributed by atoms with E-state index in [1.807, 2.05) is 0 Å². The van der Waals surface area contributed by atoms with Crippen LogP contribution in [-0.4, -0.2) is 15.2 Å². The van der Waals surface area contributed by atoms with Gasteiger partial charge in [0.05, 0.1) is 5.84 Å². The van der Waals surface area contributed by atoms with Crippen LogP contribution < -0.4 is 5.73 Å². The molecule has 3 N–H and O–H groups in total. The van der Waals surface area contributed by atoms with Crippen LogP contribution >= 0.6 is 35.5 Å². The molecule has 70 valence electrons. The van der Waals surface area contributed by atoms with Gasteiger partial charge >= 0.3 is 0 Å². The van der Waals surface area contributed by atoms with Crippen LogP contribution in [0.3, 0.4) is 0 Å². The first kappa shape index (κ1) is 10.4. The lowest BCUT2D eigenvalue weighted by atomic mass is 10.7. The van der Waals surface area contributed by atoms with Crippen molar-refractivity contribution in [2.24, 2.45) is 10.7 Å². The molecular weight excluding hydrogens is 224 g/mol. The Balaban J connectivity index is 2.48. The highest BCUT2D eigenvalue weighted by Gasteiger charge is 1.92. The van der Waals surface area contributed by atoms with Crippen molar-refractivity contribution in [3.05, 3.63) is 15.6 Å². The highest BCUT2D eigenvalue weighted by atomic mass is 32.2. The molecular formula is C6H8N4S3. The van der Waals surface area contributed by atoms with E-state index >= 15 is 0 Å². The molecule has 0 aliphatic rings. The Hall–Kier alpha value is -0.660. The number of aromatic amines is 1. The lowest BCUT2D eigenvalue weighted by Crippen LogP contribution is -2.03. The fourth-order valence-corrected chi connectivity index (χ4v) is 1.91. The normalized spacial score (nSPS) is 12.5. The van der Waals surface area contributed by atoms with Gasteiger partial charge in [0, 0.05) is 6.20 Å². The number of aromatic nitrogens is 2. The molecule has 0 aromatic carbocycles. The summed E-state index contributed by atoms with van der Waals surface area (Å²) in [6.07, 6.45) is 1.62. The molecule has 0 saturated carbocycles. The summed E-state index contributed by atoms with van der Waals surface area (Å²) in [5.41, 5.74) is 5.33. The summed E-state index contributed by atoms with van der Waals surface area (Å²) in [5.74, 6) is 0.531. The molecule has 1 heterocycles. The smallest absolute Gasteiger partial charge is 0.199 e. The van der Waals surface area contributed by atoms with Gasteiger partial charge in [-0.3, -0.25) is 4.37 Å². The van der Waals surface area contributed by atoms with Gasteiger partial charge in [-0.1, -0.05) is 11.8 Å². The van der Waals surface area contributed by atoms with E-state index in [9.17, 15) is 0 Å². The number of thioether (sulfide) groups is 1. The second-order valence-corrected chi connectivity index (χ2v) is 4.40. The second kappa shape index (κ2) is 5.15. The molecule has 0 atom stereocenters. The zero-order valence-electron chi connectivity index (χ0n) is 6.85. The first-order valence-corrected chi connectivity index (χ1v) is 5.46. The van der Waals surface area contributed by atoms with Crippen molar-refractivity contribution in [2.75, 3.05) is 0 Å². The molecule has 0 fully saturated rings. The van der Waals surface area contributed by atoms with Gasteiger partial charge in [0.15, 0.2) is 9.11 Å². The van der Waals surface area contributed by atoms with Crippen LogP contribution in [0.2, 0.25) is 0 Å². The van der Waals surface area contributed by atoms with E-state index in [1.165, 1.54) is 23.3 Å². The molecule has 13 heavy (non-hydrogen) atoms. The molecule has 7 heteroatoms. The van der Waals surface area contributed by atoms with Gasteiger partial charge in [0.1, 0.15) is 0 Å². The van der Waals surface area contributed by atoms with Gasteiger partial charge in [0.25, 0.3) is 0 Å². The molecule has 0 amide bonds. The van der Waals surface area contributed by atoms with E-state index < -0.39 is 0 Å². The van der Waals surface area contributed by atoms with Crippen LogP contribution in [0.5, 0.6) is 0 Å². The molecule has 4 nitrogen and oxygen atoms in total. The van der Waals surface area contributed by atoms with Crippen LogP contribution in [0.4, 0.5) is 0 Å². The van der Waals surface area contributed by atoms with Crippen molar-refractivity contribution >= 4 is 41.3 Å². The summed E-state index contributed by atoms with van der Waals surface area (Å²) in [6, 6.07) is 0. The number of nitrogens with zero attached hydrogens (tertiary/aromatic N) is 2. The van der Waals surface area contributed by atoms with Crippen molar-refractivity contribution in [3.63, 3.8) is 0 Å². The van der Waals surface area contributed by atoms with Gasteiger partial charge in [-0.05, 0) is 36.1 Å². The Labute approximate surface area is 89.1 Å². The van der Waals surface area contributed by atoms with Gasteiger partial charge < -0.3 is 5.73 Å². The molecule has 1 aromatic rings. The standard InChI is InChI=1S/C6H8N4S3/c1-4(7)8-2-3-12-5-9-6(11)13-10-5/h2-3H,1H3,(H2,7,8)(H,9,10,11)/b3-2+. The minimum absolute atomic E-state index is 0.531. The first-order chi connectivity index (χ1) is 6.18. The van der Waals surface area contributed by atoms with Gasteiger partial charge in [-0.2, -0.15) is 4.98 Å². The van der Waals surface area contributed by atoms with Crippen LogP contribution in [-0.2, 0) is 0 Å². The molecule has 1 rings (SSSR count). The van der Waals surface area contributed by atoms with Crippen molar-refractivity contribution in [1.29, 1.82) is 0 Å². The highest BCUT2D eigenvalue weighted by molar-refractivity contribution is 8.02. The Bertz CT molecular complexity index is 371. The van der Waals surface area contributed by atoms with E-state index in [-0.39, 0.29) is 0 Å². The lowest BCUT2D eigenvalue weighted by Gasteiger charge is -1.85. The first-order valence-electron chi connectivity index (χ1n) is 3.35. The van der Waals surface area contributed by atoms with Crippen molar-refractivity contribution < 1.29 is 0 Å². The average molecular weight is 232 g/mol. The fourth-order valence-electron chi connectivity index (χ4n) is 0.509. The quantitative estimate of drug-likeness (QED) is 0.363. The third kappa shape index (κ3) is 4.20. The maximum absolute atomic E-state index is 5.33. The lowest BCUT2D eigenvalue weighted by molar-refractivity contribution is 1.08. The van der Waals surface area contributed by atoms with E-state index in [0.717, 1.165) is 5.16 Å². The maximum atomic E-state index is 5.33. The molecule has 0 unspecified atom stereocenters. The highest BCUT2D eigenvalue weighted by Crippen LogP contribution is 2.15. The third-order valence-electron chi connectivity index (χ3n) is 0.937. The van der Waals surface area contributed by atoms with Gasteiger partial charge in [-0.15, -0.1) is 0 Å². The Morgan fingerprint density at radius 1 is 1.85 bits per heavy atom. The molecule has 0 spiro atoms. The Kier molecular flexibility index (Phi) is 4.13. The summed E-state index contributed by atoms with van der Waals surface area (Å²) in [7, 11) is 0. The van der Waals surface area contributed by atoms with E-state index in [1.54, 1.807) is 18.5 Å². The van der Waals surface area contributed by atoms with E-state index in [0.29, 0.717) is 9.79 Å². The zero-order chi connectivity index (χ0) is 9.68. The zero-order valence-corrected chi connectivity index (χ0v) is 9.30. The molecule has 0 saturated heterocycles. The van der Waals surface area contributed by atoms with Crippen LogP contribution in [0.1, 0.15) is 6.92 Å². The fraction of sp³-hybridized carbons (Fsp3) is 0.167. The van der Waals surface area contributed by atoms with Gasteiger partial charge in [-0.25, -0.2) is 4.99 Å². The van der Waals surface area contributed by atoms with Crippen molar-refractivity contribution in [3.8, 4) is 0 Å². The summed E-state index contributed by atoms with van der Waals surface area (Å²) >= 11 is 7.59. The van der Waals surface area contributed by atoms with E-state index in [2.05, 4.69) is 14.3 Å². The molecule has 0 radical (unpaired) electrons. The average Bonchev–Trinajstić information content (AvgIpc) is 2.45. The summed E-state index contributed by atoms with van der Waals surface area (Å²) in [4.78, 5) is 7.91. The number of rotatable bonds is 3. The number of nitrogens with one attached hydrogen (secondary N) is 1. The topological polar surface area (TPSA) is 67.1 Å². The van der Waals surface area contributed by atoms with Crippen LogP contribution in [0.15, 0.2) is 21.8 Å². The Morgan fingerprint density at radius 2 is 2.62 bits per heavy atom. The largest absolute Gasteiger partial charge is 0.387 e. The summed E-state index contributed by atoms with van der Waals surface area (Å²) in [5, 5.41) is 2.56. The van der Waals surface area contributed by atoms with Crippen molar-refractivity contribution in [1.82, 2.24) is 9.36 Å². The van der Waals surface area contributed by atoms with Crippen molar-refractivity contribution in [2.45, 2.75) is 12.1 Å². The minimum Gasteiger partial charge on any atom is -0.387 e. The molecule has 0 aliphatic heterocycles. The van der Waals surface area contributed by atoms with E-state index in [4.69, 9.17) is 18.0 Å². The Morgan fingerprint density at radius 3 is 3.15 bits per heavy atom. The molecule has 1 aromatic heterocycles. The summed E-state index contributed by atoms with van der Waals surface area (Å²) < 4.78 is 3.56. The number of H-pyrrole nitrogens is 1. The van der Waals surface area contributed by atoms with Gasteiger partial charge in [0.2, 0.25) is 0 Å². The minimum atomic E-state index is 0.531. The number of nitrogens with two attached hydrogens (primary N) is 1. The summed E-state index contributed by atoms with van der Waals surface area (Å²) in [6.45, 7) is 1.73. The monoisotopic (exact) mass is 232 g/mol. The van der Waals surface area contributed by atoms with Crippen LogP contribution in [0, 0.1) is 3.95 Å². The predicted molar refractivity (Wildman–Crippen MR) is 59.6 cm³/mol. The third-order valence-corrected chi connectivity index (χ3v) is 2.64. The number of hydrogen-bond donors (Lipinski definition) is 2. The SMILES string of the molecule is CC(N)=N/C=C/Sc1nc(=S)s[nH]1. The maximum Gasteiger partial charge on any atom is 0.199 e. The number of aliphatic imine (C=N–C) groups is 1. The number of hydrogen-bond acceptors (Lipinski definition) is 5. The predicted octanol–water partition coefficient (Wildman–Crippen LogP) is 2.14.